The molecule has 2 atom stereocenters. The number of halogens is 2. The normalized spacial score (nSPS) is 26.8. The maximum absolute atomic E-state index is 13.5. The second-order valence-electron chi connectivity index (χ2n) is 7.33. The quantitative estimate of drug-likeness (QED) is 0.804. The zero-order valence-electron chi connectivity index (χ0n) is 14.9. The molecule has 8 heteroatoms. The monoisotopic (exact) mass is 380 g/mol. The number of likely N-dealkylation sites (tertiary alicyclic amines) is 1. The molecule has 3 aliphatic rings. The predicted octanol–water partition coefficient (Wildman–Crippen LogP) is 1.93. The highest BCUT2D eigenvalue weighted by molar-refractivity contribution is 6.00. The van der Waals surface area contributed by atoms with Crippen LogP contribution in [-0.2, 0) is 19.1 Å². The molecule has 2 amide bonds. The molecule has 0 spiro atoms. The Morgan fingerprint density at radius 2 is 1.78 bits per heavy atom. The Morgan fingerprint density at radius 3 is 2.48 bits per heavy atom. The number of benzene rings is 1. The number of hydrogen-bond acceptors (Lipinski definition) is 4. The van der Waals surface area contributed by atoms with Gasteiger partial charge in [0.15, 0.2) is 6.29 Å². The zero-order chi connectivity index (χ0) is 19.0. The third-order valence-electron chi connectivity index (χ3n) is 5.44. The molecule has 6 nitrogen and oxygen atoms in total. The summed E-state index contributed by atoms with van der Waals surface area (Å²) in [5.74, 6) is -2.26. The first-order valence-corrected chi connectivity index (χ1v) is 9.30. The highest BCUT2D eigenvalue weighted by Crippen LogP contribution is 2.30. The molecular weight excluding hydrogens is 358 g/mol. The van der Waals surface area contributed by atoms with Crippen LogP contribution >= 0.6 is 0 Å². The highest BCUT2D eigenvalue weighted by Gasteiger charge is 2.40. The van der Waals surface area contributed by atoms with Crippen LogP contribution in [0.25, 0.3) is 0 Å². The third kappa shape index (κ3) is 3.82. The molecule has 2 unspecified atom stereocenters. The average molecular weight is 380 g/mol. The van der Waals surface area contributed by atoms with Gasteiger partial charge in [0.25, 0.3) is 0 Å². The van der Waals surface area contributed by atoms with Crippen molar-refractivity contribution in [2.45, 2.75) is 25.6 Å². The summed E-state index contributed by atoms with van der Waals surface area (Å²) in [6.07, 6.45) is 1.58. The smallest absolute Gasteiger partial charge is 0.228 e. The van der Waals surface area contributed by atoms with E-state index in [-0.39, 0.29) is 42.7 Å². The molecule has 0 radical (unpaired) electrons. The molecule has 1 aromatic rings. The van der Waals surface area contributed by atoms with Gasteiger partial charge in [-0.2, -0.15) is 0 Å². The van der Waals surface area contributed by atoms with Crippen molar-refractivity contribution in [2.24, 2.45) is 11.8 Å². The number of nitrogens with zero attached hydrogens (tertiary/aromatic N) is 2. The Labute approximate surface area is 156 Å². The minimum atomic E-state index is -0.747. The van der Waals surface area contributed by atoms with Crippen LogP contribution in [0.3, 0.4) is 0 Å². The van der Waals surface area contributed by atoms with E-state index in [9.17, 15) is 18.4 Å². The van der Waals surface area contributed by atoms with E-state index in [2.05, 4.69) is 0 Å². The SMILES string of the molecule is O=C(C1CC(=O)N(c2cc(F)cc(F)c2)C1)N1CCCC(C2OCCO2)C1. The van der Waals surface area contributed by atoms with E-state index in [1.54, 1.807) is 4.90 Å². The first kappa shape index (κ1) is 18.3. The van der Waals surface area contributed by atoms with Crippen LogP contribution in [-0.4, -0.2) is 55.9 Å². The Kier molecular flexibility index (Phi) is 5.10. The van der Waals surface area contributed by atoms with E-state index >= 15 is 0 Å². The van der Waals surface area contributed by atoms with Gasteiger partial charge in [-0.1, -0.05) is 0 Å². The number of amides is 2. The minimum Gasteiger partial charge on any atom is -0.350 e. The summed E-state index contributed by atoms with van der Waals surface area (Å²) in [6.45, 7) is 2.47. The van der Waals surface area contributed by atoms with Gasteiger partial charge in [-0.15, -0.1) is 0 Å². The number of rotatable bonds is 3. The molecule has 1 aromatic carbocycles. The summed E-state index contributed by atoms with van der Waals surface area (Å²) < 4.78 is 38.1. The topological polar surface area (TPSA) is 59.1 Å². The number of ether oxygens (including phenoxy) is 2. The molecule has 146 valence electrons. The van der Waals surface area contributed by atoms with Gasteiger partial charge in [0.2, 0.25) is 11.8 Å². The maximum atomic E-state index is 13.5. The van der Waals surface area contributed by atoms with Crippen LogP contribution in [0, 0.1) is 23.5 Å². The summed E-state index contributed by atoms with van der Waals surface area (Å²) in [7, 11) is 0. The largest absolute Gasteiger partial charge is 0.350 e. The van der Waals surface area contributed by atoms with Crippen molar-refractivity contribution in [3.8, 4) is 0 Å². The minimum absolute atomic E-state index is 0.0502. The Balaban J connectivity index is 1.42. The lowest BCUT2D eigenvalue weighted by Crippen LogP contribution is -2.46. The van der Waals surface area contributed by atoms with Crippen LogP contribution in [0.15, 0.2) is 18.2 Å². The summed E-state index contributed by atoms with van der Waals surface area (Å²) in [5, 5.41) is 0. The molecule has 4 rings (SSSR count). The average Bonchev–Trinajstić information content (AvgIpc) is 3.30. The molecule has 0 bridgehead atoms. The lowest BCUT2D eigenvalue weighted by Gasteiger charge is -2.35. The van der Waals surface area contributed by atoms with Crippen molar-refractivity contribution in [3.63, 3.8) is 0 Å². The molecular formula is C19H22F2N2O4. The van der Waals surface area contributed by atoms with Crippen LogP contribution in [0.2, 0.25) is 0 Å². The van der Waals surface area contributed by atoms with Gasteiger partial charge in [-0.3, -0.25) is 9.59 Å². The first-order chi connectivity index (χ1) is 13.0. The van der Waals surface area contributed by atoms with Crippen LogP contribution in [0.5, 0.6) is 0 Å². The standard InChI is InChI=1S/C19H22F2N2O4/c20-14-7-15(21)9-16(8-14)23-11-13(6-17(23)24)18(25)22-3-1-2-12(10-22)19-26-4-5-27-19/h7-9,12-13,19H,1-6,10-11H2. The van der Waals surface area contributed by atoms with E-state index in [1.165, 1.54) is 4.90 Å². The molecule has 0 N–H and O–H groups in total. The number of hydrogen-bond donors (Lipinski definition) is 0. The van der Waals surface area contributed by atoms with Crippen molar-refractivity contribution in [2.75, 3.05) is 37.7 Å². The maximum Gasteiger partial charge on any atom is 0.228 e. The molecule has 27 heavy (non-hydrogen) atoms. The molecule has 0 aromatic heterocycles. The fraction of sp³-hybridized carbons (Fsp3) is 0.579. The summed E-state index contributed by atoms with van der Waals surface area (Å²) in [6, 6.07) is 2.98. The number of carbonyl (C=O) groups excluding carboxylic acids is 2. The van der Waals surface area contributed by atoms with Crippen molar-refractivity contribution in [1.29, 1.82) is 0 Å². The lowest BCUT2D eigenvalue weighted by atomic mass is 9.95. The van der Waals surface area contributed by atoms with E-state index in [1.807, 2.05) is 0 Å². The second-order valence-corrected chi connectivity index (χ2v) is 7.33. The second kappa shape index (κ2) is 7.52. The molecule has 3 aliphatic heterocycles. The molecule has 3 fully saturated rings. The summed E-state index contributed by atoms with van der Waals surface area (Å²) >= 11 is 0. The number of carbonyl (C=O) groups is 2. The predicted molar refractivity (Wildman–Crippen MR) is 91.8 cm³/mol. The Morgan fingerprint density at radius 1 is 1.07 bits per heavy atom. The number of anilines is 1. The van der Waals surface area contributed by atoms with Crippen LogP contribution in [0.4, 0.5) is 14.5 Å². The van der Waals surface area contributed by atoms with E-state index < -0.39 is 17.6 Å². The van der Waals surface area contributed by atoms with Gasteiger partial charge in [0.05, 0.1) is 19.1 Å². The molecule has 3 saturated heterocycles. The third-order valence-corrected chi connectivity index (χ3v) is 5.44. The highest BCUT2D eigenvalue weighted by atomic mass is 19.1. The van der Waals surface area contributed by atoms with Crippen molar-refractivity contribution >= 4 is 17.5 Å². The van der Waals surface area contributed by atoms with Crippen LogP contribution in [0.1, 0.15) is 19.3 Å². The van der Waals surface area contributed by atoms with Gasteiger partial charge < -0.3 is 19.3 Å². The molecule has 3 heterocycles. The van der Waals surface area contributed by atoms with Gasteiger partial charge in [0, 0.05) is 43.7 Å². The van der Waals surface area contributed by atoms with Crippen molar-refractivity contribution in [3.05, 3.63) is 29.8 Å². The van der Waals surface area contributed by atoms with Gasteiger partial charge in [-0.05, 0) is 25.0 Å². The Hall–Kier alpha value is -2.06. The lowest BCUT2D eigenvalue weighted by molar-refractivity contribution is -0.143. The Bertz CT molecular complexity index is 718. The fourth-order valence-corrected chi connectivity index (χ4v) is 4.16. The van der Waals surface area contributed by atoms with E-state index in [0.717, 1.165) is 31.0 Å². The first-order valence-electron chi connectivity index (χ1n) is 9.30. The fourth-order valence-electron chi connectivity index (χ4n) is 4.16. The van der Waals surface area contributed by atoms with Gasteiger partial charge in [-0.25, -0.2) is 8.78 Å². The van der Waals surface area contributed by atoms with Crippen molar-refractivity contribution < 1.29 is 27.8 Å². The van der Waals surface area contributed by atoms with Crippen LogP contribution < -0.4 is 4.90 Å². The molecule has 0 aliphatic carbocycles. The zero-order valence-corrected chi connectivity index (χ0v) is 14.9. The number of piperidine rings is 1. The van der Waals surface area contributed by atoms with Gasteiger partial charge >= 0.3 is 0 Å². The van der Waals surface area contributed by atoms with E-state index in [0.29, 0.717) is 26.3 Å². The van der Waals surface area contributed by atoms with Gasteiger partial charge in [0.1, 0.15) is 11.6 Å². The summed E-state index contributed by atoms with van der Waals surface area (Å²) in [5.41, 5.74) is 0.150. The van der Waals surface area contributed by atoms with E-state index in [4.69, 9.17) is 9.47 Å². The summed E-state index contributed by atoms with van der Waals surface area (Å²) in [4.78, 5) is 28.3. The molecule has 0 saturated carbocycles. The van der Waals surface area contributed by atoms with Crippen molar-refractivity contribution in [1.82, 2.24) is 4.90 Å².